The lowest BCUT2D eigenvalue weighted by atomic mass is 10.3. The zero-order valence-corrected chi connectivity index (χ0v) is 10.0. The number of carbonyl (C=O) groups excluding carboxylic acids is 1. The zero-order chi connectivity index (χ0) is 12.7. The molecule has 4 heteroatoms. The molecular formula is C13H17N3O. The van der Waals surface area contributed by atoms with Crippen LogP contribution in [0.15, 0.2) is 43.8 Å². The van der Waals surface area contributed by atoms with Crippen LogP contribution in [0.1, 0.15) is 5.56 Å². The molecule has 0 saturated heterocycles. The van der Waals surface area contributed by atoms with E-state index in [9.17, 15) is 4.79 Å². The average molecular weight is 231 g/mol. The molecule has 0 bridgehead atoms. The van der Waals surface area contributed by atoms with E-state index in [-0.39, 0.29) is 5.91 Å². The predicted octanol–water partition coefficient (Wildman–Crippen LogP) is 1.63. The number of amides is 1. The van der Waals surface area contributed by atoms with Crippen molar-refractivity contribution in [1.82, 2.24) is 14.7 Å². The summed E-state index contributed by atoms with van der Waals surface area (Å²) in [5.74, 6) is -0.0614. The Morgan fingerprint density at radius 3 is 2.59 bits per heavy atom. The van der Waals surface area contributed by atoms with Crippen molar-refractivity contribution in [3.05, 3.63) is 49.3 Å². The van der Waals surface area contributed by atoms with Gasteiger partial charge in [-0.15, -0.1) is 13.2 Å². The van der Waals surface area contributed by atoms with Gasteiger partial charge in [0.15, 0.2) is 0 Å². The molecule has 1 aromatic rings. The first-order valence-electron chi connectivity index (χ1n) is 5.34. The van der Waals surface area contributed by atoms with Gasteiger partial charge >= 0.3 is 0 Å². The topological polar surface area (TPSA) is 38.1 Å². The fourth-order valence-corrected chi connectivity index (χ4v) is 1.37. The first-order valence-corrected chi connectivity index (χ1v) is 5.34. The van der Waals surface area contributed by atoms with Gasteiger partial charge in [-0.25, -0.2) is 0 Å². The van der Waals surface area contributed by atoms with Crippen LogP contribution in [-0.2, 0) is 11.8 Å². The summed E-state index contributed by atoms with van der Waals surface area (Å²) in [7, 11) is 1.83. The minimum Gasteiger partial charge on any atom is -0.332 e. The molecule has 0 fully saturated rings. The Labute approximate surface area is 102 Å². The third-order valence-electron chi connectivity index (χ3n) is 2.15. The predicted molar refractivity (Wildman–Crippen MR) is 69.2 cm³/mol. The molecule has 4 nitrogen and oxygen atoms in total. The molecule has 0 saturated carbocycles. The van der Waals surface area contributed by atoms with Crippen molar-refractivity contribution in [2.75, 3.05) is 13.1 Å². The van der Waals surface area contributed by atoms with Crippen molar-refractivity contribution in [3.8, 4) is 0 Å². The summed E-state index contributed by atoms with van der Waals surface area (Å²) in [6.45, 7) is 8.27. The monoisotopic (exact) mass is 231 g/mol. The van der Waals surface area contributed by atoms with E-state index in [0.717, 1.165) is 5.56 Å². The van der Waals surface area contributed by atoms with Gasteiger partial charge in [0.1, 0.15) is 0 Å². The van der Waals surface area contributed by atoms with Crippen molar-refractivity contribution in [2.45, 2.75) is 0 Å². The van der Waals surface area contributed by atoms with Crippen LogP contribution < -0.4 is 0 Å². The Bertz CT molecular complexity index is 422. The highest BCUT2D eigenvalue weighted by molar-refractivity contribution is 5.91. The van der Waals surface area contributed by atoms with E-state index >= 15 is 0 Å². The molecule has 1 amide bonds. The van der Waals surface area contributed by atoms with Crippen LogP contribution in [0.3, 0.4) is 0 Å². The van der Waals surface area contributed by atoms with E-state index in [0.29, 0.717) is 13.1 Å². The van der Waals surface area contributed by atoms with E-state index < -0.39 is 0 Å². The largest absolute Gasteiger partial charge is 0.332 e. The number of nitrogens with zero attached hydrogens (tertiary/aromatic N) is 3. The van der Waals surface area contributed by atoms with Gasteiger partial charge in [-0.3, -0.25) is 9.48 Å². The normalized spacial score (nSPS) is 10.4. The van der Waals surface area contributed by atoms with Crippen molar-refractivity contribution in [2.24, 2.45) is 7.05 Å². The van der Waals surface area contributed by atoms with Gasteiger partial charge in [0.2, 0.25) is 5.91 Å². The number of hydrogen-bond donors (Lipinski definition) is 0. The quantitative estimate of drug-likeness (QED) is 0.551. The Morgan fingerprint density at radius 2 is 2.12 bits per heavy atom. The lowest BCUT2D eigenvalue weighted by molar-refractivity contribution is -0.124. The van der Waals surface area contributed by atoms with Crippen LogP contribution in [0.25, 0.3) is 6.08 Å². The summed E-state index contributed by atoms with van der Waals surface area (Å²) in [5, 5.41) is 4.02. The highest BCUT2D eigenvalue weighted by atomic mass is 16.2. The molecule has 0 aliphatic carbocycles. The molecule has 0 N–H and O–H groups in total. The molecule has 1 rings (SSSR count). The lowest BCUT2D eigenvalue weighted by Crippen LogP contribution is -2.29. The van der Waals surface area contributed by atoms with Gasteiger partial charge in [-0.1, -0.05) is 12.2 Å². The fraction of sp³-hybridized carbons (Fsp3) is 0.231. The molecule has 0 aliphatic rings. The van der Waals surface area contributed by atoms with Crippen molar-refractivity contribution < 1.29 is 4.79 Å². The van der Waals surface area contributed by atoms with Crippen LogP contribution in [0.5, 0.6) is 0 Å². The summed E-state index contributed by atoms with van der Waals surface area (Å²) < 4.78 is 1.69. The maximum Gasteiger partial charge on any atom is 0.247 e. The third-order valence-corrected chi connectivity index (χ3v) is 2.15. The Morgan fingerprint density at radius 1 is 1.47 bits per heavy atom. The highest BCUT2D eigenvalue weighted by Crippen LogP contribution is 2.01. The van der Waals surface area contributed by atoms with Crippen LogP contribution >= 0.6 is 0 Å². The van der Waals surface area contributed by atoms with E-state index in [1.807, 2.05) is 13.2 Å². The molecule has 1 heterocycles. The molecule has 0 unspecified atom stereocenters. The summed E-state index contributed by atoms with van der Waals surface area (Å²) in [5.41, 5.74) is 0.901. The minimum atomic E-state index is -0.0614. The smallest absolute Gasteiger partial charge is 0.247 e. The van der Waals surface area contributed by atoms with E-state index in [2.05, 4.69) is 18.3 Å². The zero-order valence-electron chi connectivity index (χ0n) is 10.0. The Hall–Kier alpha value is -2.10. The summed E-state index contributed by atoms with van der Waals surface area (Å²) in [6.07, 6.45) is 10.2. The lowest BCUT2D eigenvalue weighted by Gasteiger charge is -2.16. The third kappa shape index (κ3) is 4.10. The molecule has 1 aromatic heterocycles. The maximum absolute atomic E-state index is 11.8. The molecule has 90 valence electrons. The summed E-state index contributed by atoms with van der Waals surface area (Å²) >= 11 is 0. The second-order valence-electron chi connectivity index (χ2n) is 3.60. The second kappa shape index (κ2) is 6.48. The first-order chi connectivity index (χ1) is 8.17. The van der Waals surface area contributed by atoms with E-state index in [4.69, 9.17) is 0 Å². The maximum atomic E-state index is 11.8. The SMILES string of the molecule is C=CCN(CC=C)C(=O)C=Cc1cnn(C)c1. The van der Waals surface area contributed by atoms with Gasteiger partial charge in [-0.2, -0.15) is 5.10 Å². The number of hydrogen-bond acceptors (Lipinski definition) is 2. The molecule has 0 atom stereocenters. The molecule has 0 aromatic carbocycles. The molecule has 17 heavy (non-hydrogen) atoms. The summed E-state index contributed by atoms with van der Waals surface area (Å²) in [4.78, 5) is 13.5. The van der Waals surface area contributed by atoms with Gasteiger partial charge in [0, 0.05) is 38.0 Å². The van der Waals surface area contributed by atoms with Crippen molar-refractivity contribution in [3.63, 3.8) is 0 Å². The van der Waals surface area contributed by atoms with Crippen molar-refractivity contribution in [1.29, 1.82) is 0 Å². The van der Waals surface area contributed by atoms with Crippen LogP contribution in [-0.4, -0.2) is 33.7 Å². The standard InChI is InChI=1S/C13H17N3O/c1-4-8-16(9-5-2)13(17)7-6-12-10-14-15(3)11-12/h4-7,10-11H,1-2,8-9H2,3H3. The minimum absolute atomic E-state index is 0.0614. The van der Waals surface area contributed by atoms with Gasteiger partial charge in [0.25, 0.3) is 0 Å². The van der Waals surface area contributed by atoms with Gasteiger partial charge in [-0.05, 0) is 6.08 Å². The molecule has 0 spiro atoms. The first kappa shape index (κ1) is 13.0. The number of carbonyl (C=O) groups is 1. The van der Waals surface area contributed by atoms with Crippen LogP contribution in [0.4, 0.5) is 0 Å². The van der Waals surface area contributed by atoms with E-state index in [1.165, 1.54) is 6.08 Å². The number of rotatable bonds is 6. The number of aromatic nitrogens is 2. The average Bonchev–Trinajstić information content (AvgIpc) is 2.72. The molecule has 0 aliphatic heterocycles. The van der Waals surface area contributed by atoms with Gasteiger partial charge in [0.05, 0.1) is 6.20 Å². The van der Waals surface area contributed by atoms with Gasteiger partial charge < -0.3 is 4.90 Å². The Kier molecular flexibility index (Phi) is 4.94. The van der Waals surface area contributed by atoms with E-state index in [1.54, 1.807) is 34.0 Å². The summed E-state index contributed by atoms with van der Waals surface area (Å²) in [6, 6.07) is 0. The number of aryl methyl sites for hydroxylation is 1. The Balaban J connectivity index is 2.65. The second-order valence-corrected chi connectivity index (χ2v) is 3.60. The molecular weight excluding hydrogens is 214 g/mol. The highest BCUT2D eigenvalue weighted by Gasteiger charge is 2.06. The molecule has 0 radical (unpaired) electrons. The van der Waals surface area contributed by atoms with Crippen molar-refractivity contribution >= 4 is 12.0 Å². The fourth-order valence-electron chi connectivity index (χ4n) is 1.37. The van der Waals surface area contributed by atoms with Crippen LogP contribution in [0.2, 0.25) is 0 Å². The van der Waals surface area contributed by atoms with Crippen LogP contribution in [0, 0.1) is 0 Å².